The second kappa shape index (κ2) is 6.99. The van der Waals surface area contributed by atoms with Crippen LogP contribution in [0.25, 0.3) is 0 Å². The minimum atomic E-state index is -1.30. The molecule has 174 valence electrons. The molecule has 0 unspecified atom stereocenters. The van der Waals surface area contributed by atoms with Crippen molar-refractivity contribution in [3.05, 3.63) is 23.8 Å². The molecule has 1 heterocycles. The highest BCUT2D eigenvalue weighted by atomic mass is 35.5. The van der Waals surface area contributed by atoms with E-state index < -0.39 is 28.2 Å². The van der Waals surface area contributed by atoms with E-state index in [4.69, 9.17) is 21.1 Å². The Kier molecular flexibility index (Phi) is 4.86. The summed E-state index contributed by atoms with van der Waals surface area (Å²) in [6.45, 7) is 5.86. The van der Waals surface area contributed by atoms with Gasteiger partial charge >= 0.3 is 5.97 Å². The minimum Gasteiger partial charge on any atom is -0.450 e. The Bertz CT molecular complexity index is 960. The van der Waals surface area contributed by atoms with Crippen LogP contribution in [0.1, 0.15) is 59.3 Å². The van der Waals surface area contributed by atoms with Crippen molar-refractivity contribution in [2.45, 2.75) is 82.8 Å². The number of epoxide rings is 1. The van der Waals surface area contributed by atoms with Crippen molar-refractivity contribution in [2.24, 2.45) is 22.7 Å². The number of alkyl halides is 2. The standard InChI is InChI=1S/C25H30ClFO5/c1-4-5-21(30)32-24(19(29)13-26)9-7-15-16-11-18(27)17-10-14(28)6-8-22(17,2)25(16)20(31-25)12-23(15,24)3/h6,8,10,15-16,18,20H,4-5,7,9,11-13H2,1-3H3/t15-,16-,18-,20-,22-,23-,24-,25+/m0/s1. The zero-order valence-electron chi connectivity index (χ0n) is 18.8. The first-order chi connectivity index (χ1) is 15.1. The summed E-state index contributed by atoms with van der Waals surface area (Å²) in [7, 11) is 0. The van der Waals surface area contributed by atoms with Gasteiger partial charge in [-0.15, -0.1) is 11.6 Å². The van der Waals surface area contributed by atoms with E-state index in [-0.39, 0.29) is 54.2 Å². The van der Waals surface area contributed by atoms with Gasteiger partial charge in [-0.25, -0.2) is 4.39 Å². The number of esters is 1. The molecule has 5 nitrogen and oxygen atoms in total. The molecule has 0 bridgehead atoms. The molecule has 1 aliphatic heterocycles. The second-order valence-electron chi connectivity index (χ2n) is 10.6. The van der Waals surface area contributed by atoms with Crippen molar-refractivity contribution in [1.82, 2.24) is 0 Å². The summed E-state index contributed by atoms with van der Waals surface area (Å²) in [5, 5.41) is 0. The average Bonchev–Trinajstić information content (AvgIpc) is 3.40. The van der Waals surface area contributed by atoms with Gasteiger partial charge < -0.3 is 9.47 Å². The smallest absolute Gasteiger partial charge is 0.306 e. The van der Waals surface area contributed by atoms with Crippen LogP contribution in [0.3, 0.4) is 0 Å². The summed E-state index contributed by atoms with van der Waals surface area (Å²) >= 11 is 6.03. The molecule has 1 saturated heterocycles. The fourth-order valence-corrected chi connectivity index (χ4v) is 8.08. The van der Waals surface area contributed by atoms with Crippen LogP contribution in [-0.4, -0.2) is 46.9 Å². The maximum atomic E-state index is 15.5. The number of allylic oxidation sites excluding steroid dienone is 2. The van der Waals surface area contributed by atoms with Gasteiger partial charge in [0.2, 0.25) is 0 Å². The lowest BCUT2D eigenvalue weighted by atomic mass is 9.46. The highest BCUT2D eigenvalue weighted by Crippen LogP contribution is 2.76. The van der Waals surface area contributed by atoms with Gasteiger partial charge in [-0.2, -0.15) is 0 Å². The molecule has 0 N–H and O–H groups in total. The van der Waals surface area contributed by atoms with Crippen molar-refractivity contribution in [1.29, 1.82) is 0 Å². The predicted molar refractivity (Wildman–Crippen MR) is 116 cm³/mol. The number of hydrogen-bond acceptors (Lipinski definition) is 5. The number of ketones is 2. The summed E-state index contributed by atoms with van der Waals surface area (Å²) in [4.78, 5) is 37.8. The predicted octanol–water partition coefficient (Wildman–Crippen LogP) is 4.26. The van der Waals surface area contributed by atoms with Gasteiger partial charge in [0.25, 0.3) is 0 Å². The van der Waals surface area contributed by atoms with E-state index in [1.807, 2.05) is 26.8 Å². The maximum absolute atomic E-state index is 15.5. The van der Waals surface area contributed by atoms with E-state index in [0.717, 1.165) is 0 Å². The highest BCUT2D eigenvalue weighted by Gasteiger charge is 2.82. The molecule has 7 heteroatoms. The van der Waals surface area contributed by atoms with E-state index in [0.29, 0.717) is 31.3 Å². The first kappa shape index (κ1) is 22.3. The first-order valence-electron chi connectivity index (χ1n) is 11.7. The molecule has 4 fully saturated rings. The highest BCUT2D eigenvalue weighted by molar-refractivity contribution is 6.29. The molecule has 1 spiro atoms. The van der Waals surface area contributed by atoms with Gasteiger partial charge in [0.1, 0.15) is 11.8 Å². The Balaban J connectivity index is 1.57. The molecule has 0 radical (unpaired) electrons. The van der Waals surface area contributed by atoms with Crippen LogP contribution >= 0.6 is 11.6 Å². The third-order valence-corrected chi connectivity index (χ3v) is 9.60. The number of Topliss-reactive ketones (excluding diaryl/α,β-unsaturated/α-hetero) is 1. The van der Waals surface area contributed by atoms with E-state index in [1.165, 1.54) is 12.2 Å². The lowest BCUT2D eigenvalue weighted by Gasteiger charge is -2.56. The van der Waals surface area contributed by atoms with Crippen LogP contribution < -0.4 is 0 Å². The van der Waals surface area contributed by atoms with E-state index in [2.05, 4.69) is 0 Å². The Hall–Kier alpha value is -1.53. The van der Waals surface area contributed by atoms with Crippen molar-refractivity contribution >= 4 is 29.1 Å². The summed E-state index contributed by atoms with van der Waals surface area (Å²) in [6.07, 6.45) is 6.02. The molecule has 4 aliphatic carbocycles. The van der Waals surface area contributed by atoms with Crippen LogP contribution in [0.5, 0.6) is 0 Å². The number of halogens is 2. The van der Waals surface area contributed by atoms with Gasteiger partial charge in [-0.05, 0) is 68.6 Å². The normalized spacial score (nSPS) is 48.2. The van der Waals surface area contributed by atoms with Crippen LogP contribution in [-0.2, 0) is 23.9 Å². The number of ether oxygens (including phenoxy) is 2. The molecule has 8 atom stereocenters. The van der Waals surface area contributed by atoms with E-state index >= 15 is 4.39 Å². The molecular formula is C25H30ClFO5. The molecule has 3 saturated carbocycles. The van der Waals surface area contributed by atoms with Gasteiger partial charge in [0.05, 0.1) is 12.0 Å². The number of hydrogen-bond donors (Lipinski definition) is 0. The third-order valence-electron chi connectivity index (χ3n) is 9.36. The molecule has 5 rings (SSSR count). The van der Waals surface area contributed by atoms with Crippen LogP contribution in [0, 0.1) is 22.7 Å². The third kappa shape index (κ3) is 2.51. The average molecular weight is 465 g/mol. The molecule has 32 heavy (non-hydrogen) atoms. The molecule has 0 aromatic carbocycles. The first-order valence-corrected chi connectivity index (χ1v) is 12.2. The Morgan fingerprint density at radius 1 is 1.31 bits per heavy atom. The molecule has 0 amide bonds. The van der Waals surface area contributed by atoms with Crippen LogP contribution in [0.2, 0.25) is 0 Å². The zero-order valence-corrected chi connectivity index (χ0v) is 19.5. The van der Waals surface area contributed by atoms with E-state index in [9.17, 15) is 14.4 Å². The fourth-order valence-electron chi connectivity index (χ4n) is 7.87. The van der Waals surface area contributed by atoms with Crippen LogP contribution in [0.4, 0.5) is 4.39 Å². The number of carbonyl (C=O) groups is 3. The van der Waals surface area contributed by atoms with Crippen molar-refractivity contribution in [2.75, 3.05) is 5.88 Å². The second-order valence-corrected chi connectivity index (χ2v) is 10.9. The summed E-state index contributed by atoms with van der Waals surface area (Å²) < 4.78 is 27.9. The zero-order chi connectivity index (χ0) is 23.1. The van der Waals surface area contributed by atoms with Gasteiger partial charge in [0.15, 0.2) is 17.2 Å². The number of rotatable bonds is 5. The monoisotopic (exact) mass is 464 g/mol. The van der Waals surface area contributed by atoms with E-state index in [1.54, 1.807) is 0 Å². The molecule has 0 aromatic heterocycles. The van der Waals surface area contributed by atoms with Gasteiger partial charge in [-0.1, -0.05) is 19.9 Å². The summed E-state index contributed by atoms with van der Waals surface area (Å²) in [5.74, 6) is -1.28. The molecular weight excluding hydrogens is 435 g/mol. The van der Waals surface area contributed by atoms with Crippen molar-refractivity contribution < 1.29 is 28.2 Å². The van der Waals surface area contributed by atoms with Gasteiger partial charge in [0, 0.05) is 17.3 Å². The lowest BCUT2D eigenvalue weighted by Crippen LogP contribution is -2.63. The topological polar surface area (TPSA) is 73.0 Å². The Labute approximate surface area is 192 Å². The maximum Gasteiger partial charge on any atom is 0.306 e. The number of fused-ring (bicyclic) bond motifs is 3. The van der Waals surface area contributed by atoms with Crippen molar-refractivity contribution in [3.8, 4) is 0 Å². The molecule has 5 aliphatic rings. The van der Waals surface area contributed by atoms with Gasteiger partial charge in [-0.3, -0.25) is 14.4 Å². The van der Waals surface area contributed by atoms with Crippen molar-refractivity contribution in [3.63, 3.8) is 0 Å². The largest absolute Gasteiger partial charge is 0.450 e. The van der Waals surface area contributed by atoms with Crippen LogP contribution in [0.15, 0.2) is 23.8 Å². The Morgan fingerprint density at radius 3 is 2.75 bits per heavy atom. The summed E-state index contributed by atoms with van der Waals surface area (Å²) in [5.41, 5.74) is -2.76. The SMILES string of the molecule is CCCC(=O)O[C@]1(C(=O)CCl)CC[C@H]2[C@@H]3C[C@H](F)C4=CC(=O)C=C[C@]4(C)[C@@]34O[C@H]4C[C@@]21C. The lowest BCUT2D eigenvalue weighted by molar-refractivity contribution is -0.186. The summed E-state index contributed by atoms with van der Waals surface area (Å²) in [6, 6.07) is 0. The Morgan fingerprint density at radius 2 is 2.06 bits per heavy atom. The minimum absolute atomic E-state index is 0.0505. The molecule has 0 aromatic rings. The quantitative estimate of drug-likeness (QED) is 0.345. The fraction of sp³-hybridized carbons (Fsp3) is 0.720. The number of carbonyl (C=O) groups excluding carboxylic acids is 3.